The molecule has 1 fully saturated rings. The highest BCUT2D eigenvalue weighted by molar-refractivity contribution is 6.04. The van der Waals surface area contributed by atoms with E-state index in [2.05, 4.69) is 0 Å². The van der Waals surface area contributed by atoms with Crippen molar-refractivity contribution in [3.8, 4) is 16.9 Å². The van der Waals surface area contributed by atoms with Crippen LogP contribution in [0.3, 0.4) is 0 Å². The van der Waals surface area contributed by atoms with Gasteiger partial charge in [-0.1, -0.05) is 60.7 Å². The molecular formula is C31H33ClF3N3O4. The molecule has 1 heterocycles. The first-order valence-electron chi connectivity index (χ1n) is 13.2. The summed E-state index contributed by atoms with van der Waals surface area (Å²) in [6, 6.07) is 19.2. The molecule has 0 aliphatic carbocycles. The van der Waals surface area contributed by atoms with Crippen LogP contribution in [0.4, 0.5) is 13.2 Å². The monoisotopic (exact) mass is 603 g/mol. The number of carbonyl (C=O) groups is 2. The minimum Gasteiger partial charge on any atom is -0.491 e. The number of likely N-dealkylation sites (tertiary alicyclic amines) is 1. The first kappa shape index (κ1) is 32.5. The molecule has 0 aromatic heterocycles. The highest BCUT2D eigenvalue weighted by Crippen LogP contribution is 2.41. The van der Waals surface area contributed by atoms with Crippen molar-refractivity contribution in [2.75, 3.05) is 20.3 Å². The molecule has 224 valence electrons. The minimum atomic E-state index is -4.70. The number of amidine groups is 1. The summed E-state index contributed by atoms with van der Waals surface area (Å²) in [5, 5.41) is 7.50. The summed E-state index contributed by atoms with van der Waals surface area (Å²) < 4.78 is 52.9. The van der Waals surface area contributed by atoms with Crippen molar-refractivity contribution < 1.29 is 32.2 Å². The van der Waals surface area contributed by atoms with Crippen molar-refractivity contribution in [2.24, 2.45) is 11.1 Å². The van der Waals surface area contributed by atoms with E-state index in [1.54, 1.807) is 24.3 Å². The number of nitrogens with zero attached hydrogens (tertiary/aromatic N) is 1. The lowest BCUT2D eigenvalue weighted by molar-refractivity contribution is -0.157. The Kier molecular flexibility index (Phi) is 10.3. The first-order chi connectivity index (χ1) is 19.4. The van der Waals surface area contributed by atoms with Crippen LogP contribution in [-0.2, 0) is 26.9 Å². The van der Waals surface area contributed by atoms with Gasteiger partial charge in [0.05, 0.1) is 18.7 Å². The summed E-state index contributed by atoms with van der Waals surface area (Å²) in [6.07, 6.45) is -3.34. The lowest BCUT2D eigenvalue weighted by Gasteiger charge is -2.26. The van der Waals surface area contributed by atoms with Crippen molar-refractivity contribution in [3.05, 3.63) is 89.5 Å². The Labute approximate surface area is 248 Å². The van der Waals surface area contributed by atoms with Crippen molar-refractivity contribution in [3.63, 3.8) is 0 Å². The van der Waals surface area contributed by atoms with Crippen LogP contribution in [0.5, 0.6) is 5.75 Å². The zero-order valence-corrected chi connectivity index (χ0v) is 24.1. The number of rotatable bonds is 10. The SMILES string of the molecule is COC(=O)[C@@]1(C)C[C@@H](COc2ccc(-c3ccc(C(=N)N)cc3)cc2C(F)(F)F)N(CCCc2ccccc2)C1=O.Cl. The third-order valence-corrected chi connectivity index (χ3v) is 7.41. The lowest BCUT2D eigenvalue weighted by Crippen LogP contribution is -2.41. The second-order valence-corrected chi connectivity index (χ2v) is 10.3. The average molecular weight is 604 g/mol. The maximum atomic E-state index is 14.1. The van der Waals surface area contributed by atoms with Crippen LogP contribution in [0.25, 0.3) is 11.1 Å². The second kappa shape index (κ2) is 13.3. The van der Waals surface area contributed by atoms with E-state index in [0.717, 1.165) is 11.6 Å². The summed E-state index contributed by atoms with van der Waals surface area (Å²) in [5.41, 5.74) is 5.46. The Balaban J connectivity index is 0.00000484. The Hall–Kier alpha value is -4.05. The first-order valence-corrected chi connectivity index (χ1v) is 13.2. The van der Waals surface area contributed by atoms with E-state index in [-0.39, 0.29) is 37.0 Å². The normalized spacial score (nSPS) is 18.4. The molecule has 0 unspecified atom stereocenters. The predicted octanol–water partition coefficient (Wildman–Crippen LogP) is 5.87. The number of ether oxygens (including phenoxy) is 2. The Bertz CT molecular complexity index is 1420. The van der Waals surface area contributed by atoms with Gasteiger partial charge < -0.3 is 20.1 Å². The van der Waals surface area contributed by atoms with Crippen molar-refractivity contribution >= 4 is 30.1 Å². The molecule has 2 atom stereocenters. The quantitative estimate of drug-likeness (QED) is 0.130. The zero-order valence-electron chi connectivity index (χ0n) is 23.2. The number of esters is 1. The number of hydrogen-bond donors (Lipinski definition) is 2. The van der Waals surface area contributed by atoms with Crippen LogP contribution in [0, 0.1) is 10.8 Å². The number of benzene rings is 3. The Morgan fingerprint density at radius 3 is 2.31 bits per heavy atom. The smallest absolute Gasteiger partial charge is 0.419 e. The molecule has 3 aromatic rings. The van der Waals surface area contributed by atoms with Crippen LogP contribution in [0.2, 0.25) is 0 Å². The molecule has 0 radical (unpaired) electrons. The van der Waals surface area contributed by atoms with E-state index in [1.165, 1.54) is 31.1 Å². The highest BCUT2D eigenvalue weighted by Gasteiger charge is 2.54. The summed E-state index contributed by atoms with van der Waals surface area (Å²) in [5.74, 6) is -1.62. The highest BCUT2D eigenvalue weighted by atomic mass is 35.5. The van der Waals surface area contributed by atoms with Gasteiger partial charge in [0, 0.05) is 12.1 Å². The Morgan fingerprint density at radius 2 is 1.71 bits per heavy atom. The van der Waals surface area contributed by atoms with E-state index in [4.69, 9.17) is 20.6 Å². The van der Waals surface area contributed by atoms with E-state index in [9.17, 15) is 22.8 Å². The van der Waals surface area contributed by atoms with Crippen LogP contribution >= 0.6 is 12.4 Å². The number of halogens is 4. The lowest BCUT2D eigenvalue weighted by atomic mass is 9.87. The fourth-order valence-corrected chi connectivity index (χ4v) is 5.16. The number of aryl methyl sites for hydroxylation is 1. The third kappa shape index (κ3) is 7.05. The molecule has 3 aromatic carbocycles. The van der Waals surface area contributed by atoms with Crippen LogP contribution in [0.15, 0.2) is 72.8 Å². The molecule has 1 aliphatic heterocycles. The van der Waals surface area contributed by atoms with Gasteiger partial charge in [-0.3, -0.25) is 15.0 Å². The molecule has 1 aliphatic rings. The van der Waals surface area contributed by atoms with Crippen LogP contribution < -0.4 is 10.5 Å². The van der Waals surface area contributed by atoms with Crippen LogP contribution in [-0.4, -0.2) is 48.9 Å². The largest absolute Gasteiger partial charge is 0.491 e. The maximum absolute atomic E-state index is 14.1. The summed E-state index contributed by atoms with van der Waals surface area (Å²) in [6.45, 7) is 1.59. The maximum Gasteiger partial charge on any atom is 0.419 e. The standard InChI is InChI=1S/C31H32F3N3O4.ClH/c1-30(29(39)40-2)18-24(37(28(30)38)16-6-9-20-7-4-3-5-8-20)19-41-26-15-14-23(17-25(26)31(32,33)34)21-10-12-22(13-11-21)27(35)36;/h3-5,7-8,10-15,17,24H,6,9,16,18-19H2,1-2H3,(H3,35,36);1H/t24-,30-;/m0./s1. The van der Waals surface area contributed by atoms with Crippen molar-refractivity contribution in [2.45, 2.75) is 38.4 Å². The average Bonchev–Trinajstić information content (AvgIpc) is 3.21. The van der Waals surface area contributed by atoms with Crippen molar-refractivity contribution in [1.82, 2.24) is 4.90 Å². The van der Waals surface area contributed by atoms with Crippen LogP contribution in [0.1, 0.15) is 36.5 Å². The van der Waals surface area contributed by atoms with Gasteiger partial charge in [0.2, 0.25) is 5.91 Å². The fourth-order valence-electron chi connectivity index (χ4n) is 5.16. The van der Waals surface area contributed by atoms with E-state index in [0.29, 0.717) is 36.1 Å². The number of hydrogen-bond acceptors (Lipinski definition) is 5. The predicted molar refractivity (Wildman–Crippen MR) is 156 cm³/mol. The molecule has 4 rings (SSSR count). The molecular weight excluding hydrogens is 571 g/mol. The molecule has 1 saturated heterocycles. The van der Waals surface area contributed by atoms with Gasteiger partial charge >= 0.3 is 12.1 Å². The molecule has 0 saturated carbocycles. The topological polar surface area (TPSA) is 106 Å². The number of nitrogens with one attached hydrogen (secondary N) is 1. The summed E-state index contributed by atoms with van der Waals surface area (Å²) in [4.78, 5) is 27.4. The fraction of sp³-hybridized carbons (Fsp3) is 0.323. The third-order valence-electron chi connectivity index (χ3n) is 7.41. The molecule has 0 bridgehead atoms. The number of alkyl halides is 3. The molecule has 0 spiro atoms. The Morgan fingerprint density at radius 1 is 1.07 bits per heavy atom. The van der Waals surface area contributed by atoms with Crippen molar-refractivity contribution in [1.29, 1.82) is 5.41 Å². The minimum absolute atomic E-state index is 0. The number of amides is 1. The van der Waals surface area contributed by atoms with E-state index < -0.39 is 35.1 Å². The van der Waals surface area contributed by atoms with Gasteiger partial charge in [-0.25, -0.2) is 0 Å². The van der Waals surface area contributed by atoms with Gasteiger partial charge in [-0.15, -0.1) is 12.4 Å². The molecule has 3 N–H and O–H groups in total. The summed E-state index contributed by atoms with van der Waals surface area (Å²) >= 11 is 0. The number of carbonyl (C=O) groups excluding carboxylic acids is 2. The van der Waals surface area contributed by atoms with Gasteiger partial charge in [0.15, 0.2) is 0 Å². The number of nitrogens with two attached hydrogens (primary N) is 1. The van der Waals surface area contributed by atoms with E-state index in [1.807, 2.05) is 30.3 Å². The molecule has 7 nitrogen and oxygen atoms in total. The number of nitrogen functional groups attached to an aromatic ring is 1. The number of methoxy groups -OCH3 is 1. The van der Waals surface area contributed by atoms with Gasteiger partial charge in [0.25, 0.3) is 0 Å². The molecule has 11 heteroatoms. The van der Waals surface area contributed by atoms with E-state index >= 15 is 0 Å². The van der Waals surface area contributed by atoms with Gasteiger partial charge in [0.1, 0.15) is 23.6 Å². The second-order valence-electron chi connectivity index (χ2n) is 10.3. The summed E-state index contributed by atoms with van der Waals surface area (Å²) in [7, 11) is 1.20. The zero-order chi connectivity index (χ0) is 29.8. The molecule has 42 heavy (non-hydrogen) atoms. The van der Waals surface area contributed by atoms with Gasteiger partial charge in [-0.2, -0.15) is 13.2 Å². The van der Waals surface area contributed by atoms with Gasteiger partial charge in [-0.05, 0) is 55.0 Å². The molecule has 1 amide bonds.